The van der Waals surface area contributed by atoms with Crippen LogP contribution in [0.2, 0.25) is 5.02 Å². The Hall–Kier alpha value is -3.49. The van der Waals surface area contributed by atoms with Crippen LogP contribution in [0.3, 0.4) is 0 Å². The molecule has 0 saturated carbocycles. The third kappa shape index (κ3) is 4.79. The van der Waals surface area contributed by atoms with Crippen LogP contribution in [-0.4, -0.2) is 37.9 Å². The maximum absolute atomic E-state index is 10.1. The highest BCUT2D eigenvalue weighted by atomic mass is 35.5. The summed E-state index contributed by atoms with van der Waals surface area (Å²) in [5, 5.41) is 14.6. The van der Waals surface area contributed by atoms with Crippen molar-refractivity contribution < 1.29 is 14.4 Å². The second-order valence-corrected chi connectivity index (χ2v) is 9.36. The van der Waals surface area contributed by atoms with Gasteiger partial charge in [0.05, 0.1) is 29.6 Å². The zero-order valence-corrected chi connectivity index (χ0v) is 21.3. The molecule has 0 fully saturated rings. The monoisotopic (exact) mass is 505 g/mol. The number of aliphatic hydroxyl groups is 1. The lowest BCUT2D eigenvalue weighted by atomic mass is 10.1. The van der Waals surface area contributed by atoms with Crippen LogP contribution in [0.5, 0.6) is 5.75 Å². The molecular weight excluding hydrogens is 478 g/mol. The van der Waals surface area contributed by atoms with E-state index in [2.05, 4.69) is 21.1 Å². The fourth-order valence-electron chi connectivity index (χ4n) is 4.44. The van der Waals surface area contributed by atoms with Gasteiger partial charge >= 0.3 is 0 Å². The lowest BCUT2D eigenvalue weighted by Gasteiger charge is -2.20. The second-order valence-electron chi connectivity index (χ2n) is 8.98. The van der Waals surface area contributed by atoms with Gasteiger partial charge in [-0.15, -0.1) is 0 Å². The number of pyridine rings is 1. The molecule has 4 heterocycles. The average Bonchev–Trinajstić information content (AvgIpc) is 3.46. The topological polar surface area (TPSA) is 97.4 Å². The summed E-state index contributed by atoms with van der Waals surface area (Å²) in [7, 11) is 0. The number of aliphatic hydroxyl groups excluding tert-OH is 1. The van der Waals surface area contributed by atoms with E-state index in [-0.39, 0.29) is 6.61 Å². The minimum absolute atomic E-state index is 0.230. The Morgan fingerprint density at radius 1 is 1.17 bits per heavy atom. The van der Waals surface area contributed by atoms with Gasteiger partial charge < -0.3 is 19.3 Å². The van der Waals surface area contributed by atoms with Crippen LogP contribution in [0.15, 0.2) is 47.1 Å². The number of halogens is 1. The number of fused-ring (bicyclic) bond motifs is 1. The number of aromatic nitrogens is 4. The predicted octanol–water partition coefficient (Wildman–Crippen LogP) is 5.52. The maximum Gasteiger partial charge on any atom is 0.162 e. The Morgan fingerprint density at radius 3 is 2.78 bits per heavy atom. The van der Waals surface area contributed by atoms with E-state index in [9.17, 15) is 5.11 Å². The molecule has 0 aliphatic carbocycles. The molecule has 36 heavy (non-hydrogen) atoms. The Morgan fingerprint density at radius 2 is 2.03 bits per heavy atom. The van der Waals surface area contributed by atoms with Crippen molar-refractivity contribution in [3.05, 3.63) is 70.3 Å². The van der Waals surface area contributed by atoms with E-state index in [1.807, 2.05) is 51.1 Å². The van der Waals surface area contributed by atoms with Gasteiger partial charge in [0, 0.05) is 18.3 Å². The van der Waals surface area contributed by atoms with Crippen molar-refractivity contribution in [1.82, 2.24) is 20.1 Å². The van der Waals surface area contributed by atoms with Crippen LogP contribution in [0.25, 0.3) is 22.6 Å². The molecule has 1 N–H and O–H groups in total. The number of nitrogens with zero attached hydrogens (tertiary/aromatic N) is 5. The lowest BCUT2D eigenvalue weighted by molar-refractivity contribution is 0.0994. The molecule has 1 aromatic carbocycles. The van der Waals surface area contributed by atoms with Gasteiger partial charge in [-0.1, -0.05) is 48.3 Å². The molecule has 3 aromatic heterocycles. The first-order chi connectivity index (χ1) is 17.4. The van der Waals surface area contributed by atoms with Crippen LogP contribution >= 0.6 is 11.6 Å². The molecule has 8 nitrogen and oxygen atoms in total. The number of hydrogen-bond donors (Lipinski definition) is 1. The number of aryl methyl sites for hydroxylation is 2. The average molecular weight is 506 g/mol. The van der Waals surface area contributed by atoms with Gasteiger partial charge in [-0.2, -0.15) is 0 Å². The maximum atomic E-state index is 10.1. The molecule has 0 radical (unpaired) electrons. The van der Waals surface area contributed by atoms with E-state index in [1.165, 1.54) is 0 Å². The fraction of sp³-hybridized carbons (Fsp3) is 0.333. The van der Waals surface area contributed by atoms with Crippen LogP contribution in [-0.2, 0) is 13.1 Å². The molecule has 0 bridgehead atoms. The number of anilines is 1. The molecule has 1 atom stereocenters. The largest absolute Gasteiger partial charge is 0.491 e. The smallest absolute Gasteiger partial charge is 0.162 e. The van der Waals surface area contributed by atoms with Crippen molar-refractivity contribution in [3.63, 3.8) is 0 Å². The van der Waals surface area contributed by atoms with Gasteiger partial charge in [0.25, 0.3) is 0 Å². The predicted molar refractivity (Wildman–Crippen MR) is 138 cm³/mol. The van der Waals surface area contributed by atoms with Crippen LogP contribution < -0.4 is 9.64 Å². The van der Waals surface area contributed by atoms with Gasteiger partial charge in [-0.3, -0.25) is 4.98 Å². The Kier molecular flexibility index (Phi) is 6.89. The van der Waals surface area contributed by atoms with Crippen molar-refractivity contribution in [2.45, 2.75) is 52.8 Å². The van der Waals surface area contributed by atoms with Crippen molar-refractivity contribution in [2.75, 3.05) is 11.5 Å². The standard InChI is InChI=1S/C27H28ClN5O3/c1-4-7-20(34)15-35-21-10-5-8-18(12-21)26-30-25(23-16(2)32-36-17(23)3)24(28)27(31-26)33-13-19-9-6-11-29-22(19)14-33/h5-6,8-12,20,34H,4,7,13-15H2,1-3H3/t20-/m1/s1. The van der Waals surface area contributed by atoms with Crippen molar-refractivity contribution in [2.24, 2.45) is 0 Å². The molecule has 0 unspecified atom stereocenters. The second kappa shape index (κ2) is 10.2. The summed E-state index contributed by atoms with van der Waals surface area (Å²) in [5.41, 5.74) is 4.97. The van der Waals surface area contributed by atoms with E-state index >= 15 is 0 Å². The Labute approximate surface area is 214 Å². The summed E-state index contributed by atoms with van der Waals surface area (Å²) in [6.07, 6.45) is 2.88. The van der Waals surface area contributed by atoms with Crippen LogP contribution in [0.1, 0.15) is 42.5 Å². The minimum atomic E-state index is -0.506. The SMILES string of the molecule is CCC[C@@H](O)COc1cccc(-c2nc(-c3c(C)noc3C)c(Cl)c(N3Cc4cccnc4C3)n2)c1. The van der Waals surface area contributed by atoms with Gasteiger partial charge in [-0.05, 0) is 44.0 Å². The first-order valence-corrected chi connectivity index (χ1v) is 12.4. The van der Waals surface area contributed by atoms with E-state index in [1.54, 1.807) is 6.20 Å². The highest BCUT2D eigenvalue weighted by Crippen LogP contribution is 2.40. The molecule has 186 valence electrons. The molecule has 9 heteroatoms. The summed E-state index contributed by atoms with van der Waals surface area (Å²) >= 11 is 6.96. The number of ether oxygens (including phenoxy) is 1. The minimum Gasteiger partial charge on any atom is -0.491 e. The quantitative estimate of drug-likeness (QED) is 0.334. The third-order valence-corrected chi connectivity index (χ3v) is 6.59. The molecule has 1 aliphatic rings. The van der Waals surface area contributed by atoms with Gasteiger partial charge in [0.2, 0.25) is 0 Å². The molecule has 1 aliphatic heterocycles. The molecule has 4 aromatic rings. The highest BCUT2D eigenvalue weighted by molar-refractivity contribution is 6.35. The number of benzene rings is 1. The summed E-state index contributed by atoms with van der Waals surface area (Å²) in [6.45, 7) is 7.23. The molecular formula is C27H28ClN5O3. The number of hydrogen-bond acceptors (Lipinski definition) is 8. The van der Waals surface area contributed by atoms with Crippen LogP contribution in [0.4, 0.5) is 5.82 Å². The summed E-state index contributed by atoms with van der Waals surface area (Å²) < 4.78 is 11.3. The van der Waals surface area contributed by atoms with E-state index in [4.69, 9.17) is 30.8 Å². The highest BCUT2D eigenvalue weighted by Gasteiger charge is 2.28. The van der Waals surface area contributed by atoms with Crippen molar-refractivity contribution >= 4 is 17.4 Å². The van der Waals surface area contributed by atoms with Gasteiger partial charge in [0.15, 0.2) is 11.6 Å². The Bertz CT molecular complexity index is 1350. The zero-order valence-electron chi connectivity index (χ0n) is 20.5. The third-order valence-electron chi connectivity index (χ3n) is 6.25. The first kappa shape index (κ1) is 24.2. The van der Waals surface area contributed by atoms with Crippen molar-refractivity contribution in [3.8, 4) is 28.4 Å². The molecule has 0 saturated heterocycles. The first-order valence-electron chi connectivity index (χ1n) is 12.0. The normalized spacial score (nSPS) is 13.6. The molecule has 0 amide bonds. The van der Waals surface area contributed by atoms with Gasteiger partial charge in [0.1, 0.15) is 28.8 Å². The lowest BCUT2D eigenvalue weighted by Crippen LogP contribution is -2.18. The van der Waals surface area contributed by atoms with E-state index < -0.39 is 6.10 Å². The number of rotatable bonds is 8. The van der Waals surface area contributed by atoms with Crippen molar-refractivity contribution in [1.29, 1.82) is 0 Å². The summed E-state index contributed by atoms with van der Waals surface area (Å²) in [5.74, 6) is 2.41. The molecule has 5 rings (SSSR count). The summed E-state index contributed by atoms with van der Waals surface area (Å²) in [6, 6.07) is 11.6. The summed E-state index contributed by atoms with van der Waals surface area (Å²) in [4.78, 5) is 16.4. The van der Waals surface area contributed by atoms with E-state index in [0.29, 0.717) is 59.1 Å². The fourth-order valence-corrected chi connectivity index (χ4v) is 4.74. The van der Waals surface area contributed by atoms with Crippen LogP contribution in [0, 0.1) is 13.8 Å². The Balaban J connectivity index is 1.56. The zero-order chi connectivity index (χ0) is 25.2. The van der Waals surface area contributed by atoms with Gasteiger partial charge in [-0.25, -0.2) is 9.97 Å². The van der Waals surface area contributed by atoms with E-state index in [0.717, 1.165) is 28.8 Å². The molecule has 0 spiro atoms.